The molecular formula is C80H54N8. The lowest BCUT2D eigenvalue weighted by Gasteiger charge is -2.25. The van der Waals surface area contributed by atoms with Gasteiger partial charge in [-0.15, -0.1) is 0 Å². The van der Waals surface area contributed by atoms with E-state index in [0.29, 0.717) is 5.95 Å². The van der Waals surface area contributed by atoms with E-state index in [1.54, 1.807) is 0 Å². The summed E-state index contributed by atoms with van der Waals surface area (Å²) in [6.07, 6.45) is 0. The number of rotatable bonds is 12. The molecule has 8 nitrogen and oxygen atoms in total. The predicted octanol–water partition coefficient (Wildman–Crippen LogP) is 21.3. The van der Waals surface area contributed by atoms with Crippen LogP contribution in [0, 0.1) is 0 Å². The second-order valence-corrected chi connectivity index (χ2v) is 22.2. The maximum Gasteiger partial charge on any atom is 0.237 e. The van der Waals surface area contributed by atoms with Crippen molar-refractivity contribution in [3.05, 3.63) is 328 Å². The third kappa shape index (κ3) is 8.37. The molecule has 4 aromatic heterocycles. The summed E-state index contributed by atoms with van der Waals surface area (Å²) in [4.78, 5) is 18.7. The Morgan fingerprint density at radius 2 is 0.545 bits per heavy atom. The topological polar surface area (TPSA) is 50.3 Å². The van der Waals surface area contributed by atoms with Crippen molar-refractivity contribution in [1.82, 2.24) is 23.7 Å². The number of nitrogens with zero attached hydrogens (tertiary/aromatic N) is 8. The van der Waals surface area contributed by atoms with Crippen LogP contribution in [0.4, 0.5) is 51.2 Å². The van der Waals surface area contributed by atoms with Crippen LogP contribution in [0.25, 0.3) is 93.8 Å². The van der Waals surface area contributed by atoms with Crippen LogP contribution in [0.5, 0.6) is 0 Å². The molecule has 0 radical (unpaired) electrons. The molecule has 8 heteroatoms. The van der Waals surface area contributed by atoms with Crippen molar-refractivity contribution >= 4 is 128 Å². The summed E-state index contributed by atoms with van der Waals surface area (Å²) in [6.45, 7) is 0. The Balaban J connectivity index is 0.936. The van der Waals surface area contributed by atoms with Gasteiger partial charge in [0.25, 0.3) is 0 Å². The highest BCUT2D eigenvalue weighted by atomic mass is 15.2. The average Bonchev–Trinajstić information content (AvgIpc) is 1.95. The van der Waals surface area contributed by atoms with Gasteiger partial charge in [-0.05, 0) is 152 Å². The fourth-order valence-corrected chi connectivity index (χ4v) is 13.3. The minimum atomic E-state index is 0.563. The zero-order valence-corrected chi connectivity index (χ0v) is 47.8. The highest BCUT2D eigenvalue weighted by molar-refractivity contribution is 6.14. The molecule has 0 amide bonds. The lowest BCUT2D eigenvalue weighted by molar-refractivity contribution is 0.971. The maximum absolute atomic E-state index is 5.98. The molecular weight excluding hydrogens is 1070 g/mol. The first-order chi connectivity index (χ1) is 43.7. The predicted molar refractivity (Wildman–Crippen MR) is 367 cm³/mol. The molecule has 13 aromatic carbocycles. The molecule has 0 saturated heterocycles. The highest BCUT2D eigenvalue weighted by Gasteiger charge is 2.25. The smallest absolute Gasteiger partial charge is 0.237 e. The monoisotopic (exact) mass is 1130 g/mol. The summed E-state index contributed by atoms with van der Waals surface area (Å²) in [7, 11) is 0. The molecule has 0 atom stereocenters. The minimum Gasteiger partial charge on any atom is -0.310 e. The summed E-state index contributed by atoms with van der Waals surface area (Å²) < 4.78 is 7.05. The Morgan fingerprint density at radius 1 is 0.205 bits per heavy atom. The van der Waals surface area contributed by atoms with Crippen LogP contribution < -0.4 is 14.7 Å². The van der Waals surface area contributed by atoms with Gasteiger partial charge in [0.1, 0.15) is 0 Å². The highest BCUT2D eigenvalue weighted by Crippen LogP contribution is 2.45. The standard InChI is InChI=1S/C80H54N8/c1-7-25-55(26-8-1)83(56-27-9-2-10-28-56)61-46-50-76-70(51-61)67-39-21-22-40-73(67)86(76)62-45-49-72-71(52-62)79(87-74-41-23-19-37-65(74)68-47-43-63(53-77(68)87)84(57-29-11-3-12-30-57)58-31-13-4-14-32-58)82-80(81-72)88-75-42-24-20-38-66(75)69-48-44-64(54-78(69)88)85(59-33-15-5-16-34-59)60-35-17-6-18-36-60/h1-54H. The van der Waals surface area contributed by atoms with Crippen molar-refractivity contribution < 1.29 is 0 Å². The van der Waals surface area contributed by atoms with Gasteiger partial charge in [-0.3, -0.25) is 9.13 Å². The van der Waals surface area contributed by atoms with E-state index in [1.807, 2.05) is 0 Å². The first kappa shape index (κ1) is 50.5. The molecule has 88 heavy (non-hydrogen) atoms. The fraction of sp³-hybridized carbons (Fsp3) is 0. The van der Waals surface area contributed by atoms with Crippen LogP contribution >= 0.6 is 0 Å². The van der Waals surface area contributed by atoms with Gasteiger partial charge in [-0.1, -0.05) is 176 Å². The van der Waals surface area contributed by atoms with E-state index >= 15 is 0 Å². The zero-order valence-electron chi connectivity index (χ0n) is 47.8. The minimum absolute atomic E-state index is 0.563. The Hall–Kier alpha value is -12.0. The molecule has 0 aliphatic heterocycles. The number of aromatic nitrogens is 5. The average molecular weight is 1130 g/mol. The van der Waals surface area contributed by atoms with Crippen molar-refractivity contribution in [3.8, 4) is 17.5 Å². The summed E-state index contributed by atoms with van der Waals surface area (Å²) in [6, 6.07) is 117. The molecule has 0 unspecified atom stereocenters. The Bertz CT molecular complexity index is 5330. The third-order valence-corrected chi connectivity index (χ3v) is 17.1. The van der Waals surface area contributed by atoms with Crippen LogP contribution in [0.3, 0.4) is 0 Å². The molecule has 0 aliphatic carbocycles. The van der Waals surface area contributed by atoms with Gasteiger partial charge in [0.05, 0.1) is 38.6 Å². The van der Waals surface area contributed by atoms with Crippen molar-refractivity contribution in [2.45, 2.75) is 0 Å². The SMILES string of the molecule is c1ccc(N(c2ccccc2)c2ccc3c(c2)c2ccccc2n3-c2ccc3nc(-n4c5ccccc5c5ccc(N(c6ccccc6)c6ccccc6)cc54)nc(-n4c5ccccc5c5ccc(N(c6ccccc6)c6ccccc6)cc54)c3c2)cc1. The molecule has 17 rings (SSSR count). The van der Waals surface area contributed by atoms with Gasteiger partial charge in [0, 0.05) is 94.6 Å². The Morgan fingerprint density at radius 3 is 1.00 bits per heavy atom. The summed E-state index contributed by atoms with van der Waals surface area (Å²) >= 11 is 0. The van der Waals surface area contributed by atoms with E-state index < -0.39 is 0 Å². The molecule has 17 aromatic rings. The van der Waals surface area contributed by atoms with Crippen molar-refractivity contribution in [1.29, 1.82) is 0 Å². The van der Waals surface area contributed by atoms with Crippen LogP contribution in [0.1, 0.15) is 0 Å². The summed E-state index contributed by atoms with van der Waals surface area (Å²) in [5.41, 5.74) is 17.6. The van der Waals surface area contributed by atoms with Gasteiger partial charge >= 0.3 is 0 Å². The Kier molecular flexibility index (Phi) is 12.0. The number of benzene rings is 13. The second-order valence-electron chi connectivity index (χ2n) is 22.2. The van der Waals surface area contributed by atoms with Crippen LogP contribution in [-0.2, 0) is 0 Å². The number of para-hydroxylation sites is 9. The van der Waals surface area contributed by atoms with Crippen molar-refractivity contribution in [2.24, 2.45) is 0 Å². The quantitative estimate of drug-likeness (QED) is 0.122. The molecule has 0 N–H and O–H groups in total. The number of hydrogen-bond donors (Lipinski definition) is 0. The van der Waals surface area contributed by atoms with Crippen molar-refractivity contribution in [2.75, 3.05) is 14.7 Å². The van der Waals surface area contributed by atoms with Crippen LogP contribution in [0.2, 0.25) is 0 Å². The molecule has 0 bridgehead atoms. The lowest BCUT2D eigenvalue weighted by atomic mass is 10.1. The summed E-state index contributed by atoms with van der Waals surface area (Å²) in [5, 5.41) is 7.68. The van der Waals surface area contributed by atoms with Crippen LogP contribution in [-0.4, -0.2) is 23.7 Å². The van der Waals surface area contributed by atoms with Gasteiger partial charge in [0.15, 0.2) is 5.82 Å². The van der Waals surface area contributed by atoms with E-state index in [4.69, 9.17) is 9.97 Å². The number of fused-ring (bicyclic) bond motifs is 10. The first-order valence-corrected chi connectivity index (χ1v) is 29.8. The lowest BCUT2D eigenvalue weighted by Crippen LogP contribution is -2.11. The van der Waals surface area contributed by atoms with E-state index in [2.05, 4.69) is 356 Å². The molecule has 0 fully saturated rings. The number of anilines is 9. The maximum atomic E-state index is 5.98. The largest absolute Gasteiger partial charge is 0.310 e. The third-order valence-electron chi connectivity index (χ3n) is 17.1. The van der Waals surface area contributed by atoms with Crippen LogP contribution in [0.15, 0.2) is 328 Å². The van der Waals surface area contributed by atoms with E-state index in [9.17, 15) is 0 Å². The van der Waals surface area contributed by atoms with E-state index in [0.717, 1.165) is 139 Å². The molecule has 414 valence electrons. The second kappa shape index (κ2) is 21.0. The first-order valence-electron chi connectivity index (χ1n) is 29.8. The Labute approximate surface area is 508 Å². The van der Waals surface area contributed by atoms with E-state index in [-0.39, 0.29) is 0 Å². The van der Waals surface area contributed by atoms with Gasteiger partial charge < -0.3 is 19.3 Å². The molecule has 0 spiro atoms. The molecule has 0 aliphatic rings. The zero-order chi connectivity index (χ0) is 58.1. The molecule has 4 heterocycles. The van der Waals surface area contributed by atoms with Gasteiger partial charge in [-0.25, -0.2) is 4.98 Å². The van der Waals surface area contributed by atoms with Gasteiger partial charge in [-0.2, -0.15) is 4.98 Å². The number of hydrogen-bond acceptors (Lipinski definition) is 5. The van der Waals surface area contributed by atoms with E-state index in [1.165, 1.54) is 0 Å². The molecule has 0 saturated carbocycles. The summed E-state index contributed by atoms with van der Waals surface area (Å²) in [5.74, 6) is 1.32. The fourth-order valence-electron chi connectivity index (χ4n) is 13.3. The van der Waals surface area contributed by atoms with Gasteiger partial charge in [0.2, 0.25) is 5.95 Å². The normalized spacial score (nSPS) is 11.6. The van der Waals surface area contributed by atoms with Crippen molar-refractivity contribution in [3.63, 3.8) is 0 Å².